The molecule has 0 spiro atoms. The van der Waals surface area contributed by atoms with E-state index in [1.54, 1.807) is 28.8 Å². The van der Waals surface area contributed by atoms with Crippen LogP contribution < -0.4 is 10.3 Å². The van der Waals surface area contributed by atoms with Crippen molar-refractivity contribution in [1.29, 1.82) is 0 Å². The largest absolute Gasteiger partial charge is 0.507 e. The van der Waals surface area contributed by atoms with Crippen LogP contribution in [0, 0.1) is 0 Å². The van der Waals surface area contributed by atoms with Crippen molar-refractivity contribution in [2.75, 3.05) is 11.9 Å². The Morgan fingerprint density at radius 1 is 1.17 bits per heavy atom. The number of hydrogen-bond acceptors (Lipinski definition) is 5. The highest BCUT2D eigenvalue weighted by Crippen LogP contribution is 2.42. The fraction of sp³-hybridized carbons (Fsp3) is 0.190. The van der Waals surface area contributed by atoms with E-state index in [4.69, 9.17) is 0 Å². The molecule has 0 saturated carbocycles. The lowest BCUT2D eigenvalue weighted by atomic mass is 9.97. The Hall–Kier alpha value is -2.20. The molecule has 4 aromatic rings. The number of pyridine rings is 1. The predicted molar refractivity (Wildman–Crippen MR) is 125 cm³/mol. The third-order valence-electron chi connectivity index (χ3n) is 4.97. The van der Waals surface area contributed by atoms with Crippen molar-refractivity contribution in [3.05, 3.63) is 58.2 Å². The molecular weight excluding hydrogens is 488 g/mol. The number of sulfonamides is 1. The highest BCUT2D eigenvalue weighted by atomic mass is 79.9. The van der Waals surface area contributed by atoms with E-state index in [1.807, 2.05) is 18.4 Å². The van der Waals surface area contributed by atoms with Crippen molar-refractivity contribution in [2.24, 2.45) is 0 Å². The Balaban J connectivity index is 2.16. The standard InChI is InChI=1S/C21H19BrN2O4S2/c1-2-24-15-7-8-16(25)19(18(15)14-9-12-29-20(14)21(24)26)13-5-3-4-6-17(13)30(27,28)23-11-10-22/h3-9,12,23,25H,2,10-11H2,1H3. The van der Waals surface area contributed by atoms with Crippen LogP contribution in [0.5, 0.6) is 5.75 Å². The molecule has 2 N–H and O–H groups in total. The Bertz CT molecular complexity index is 1420. The molecule has 0 aliphatic rings. The van der Waals surface area contributed by atoms with Crippen LogP contribution in [0.1, 0.15) is 6.92 Å². The number of thiophene rings is 1. The van der Waals surface area contributed by atoms with Crippen molar-refractivity contribution < 1.29 is 13.5 Å². The monoisotopic (exact) mass is 506 g/mol. The molecule has 30 heavy (non-hydrogen) atoms. The molecule has 0 atom stereocenters. The van der Waals surface area contributed by atoms with Gasteiger partial charge in [0.1, 0.15) is 10.4 Å². The van der Waals surface area contributed by atoms with Crippen molar-refractivity contribution in [3.63, 3.8) is 0 Å². The predicted octanol–water partition coefficient (Wildman–Crippen LogP) is 4.28. The first kappa shape index (κ1) is 21.0. The maximum atomic E-state index is 13.0. The number of nitrogens with one attached hydrogen (secondary N) is 1. The number of alkyl halides is 1. The number of phenolic OH excluding ortho intramolecular Hbond substituents is 1. The second-order valence-corrected chi connectivity index (χ2v) is 10.1. The SMILES string of the molecule is CCn1c(=O)c2sccc2c2c(-c3ccccc3S(=O)(=O)NCCBr)c(O)ccc21. The number of benzene rings is 2. The topological polar surface area (TPSA) is 88.4 Å². The summed E-state index contributed by atoms with van der Waals surface area (Å²) in [4.78, 5) is 13.0. The molecule has 6 nitrogen and oxygen atoms in total. The highest BCUT2D eigenvalue weighted by Gasteiger charge is 2.24. The average Bonchev–Trinajstić information content (AvgIpc) is 3.23. The minimum absolute atomic E-state index is 0.0422. The molecule has 4 rings (SSSR count). The zero-order valence-corrected chi connectivity index (χ0v) is 19.3. The third-order valence-corrected chi connectivity index (χ3v) is 7.79. The van der Waals surface area contributed by atoms with E-state index in [2.05, 4.69) is 20.7 Å². The summed E-state index contributed by atoms with van der Waals surface area (Å²) < 4.78 is 30.7. The van der Waals surface area contributed by atoms with E-state index in [1.165, 1.54) is 23.5 Å². The molecule has 2 heterocycles. The molecule has 0 unspecified atom stereocenters. The number of fused-ring (bicyclic) bond motifs is 3. The van der Waals surface area contributed by atoms with Gasteiger partial charge in [0, 0.05) is 40.3 Å². The molecule has 2 aromatic heterocycles. The fourth-order valence-corrected chi connectivity index (χ4v) is 6.28. The molecule has 0 bridgehead atoms. The zero-order valence-electron chi connectivity index (χ0n) is 16.1. The maximum Gasteiger partial charge on any atom is 0.268 e. The number of nitrogens with zero attached hydrogens (tertiary/aromatic N) is 1. The van der Waals surface area contributed by atoms with Crippen LogP contribution in [0.4, 0.5) is 0 Å². The lowest BCUT2D eigenvalue weighted by molar-refractivity contribution is 0.478. The van der Waals surface area contributed by atoms with Gasteiger partial charge in [-0.05, 0) is 36.6 Å². The molecule has 0 radical (unpaired) electrons. The Morgan fingerprint density at radius 3 is 2.67 bits per heavy atom. The molecule has 0 amide bonds. The van der Waals surface area contributed by atoms with Gasteiger partial charge in [-0.25, -0.2) is 13.1 Å². The first-order valence-electron chi connectivity index (χ1n) is 9.31. The normalized spacial score (nSPS) is 12.1. The minimum Gasteiger partial charge on any atom is -0.507 e. The van der Waals surface area contributed by atoms with Gasteiger partial charge >= 0.3 is 0 Å². The van der Waals surface area contributed by atoms with Gasteiger partial charge < -0.3 is 9.67 Å². The van der Waals surface area contributed by atoms with Gasteiger partial charge in [-0.3, -0.25) is 4.79 Å². The second kappa shape index (κ2) is 8.14. The van der Waals surface area contributed by atoms with Crippen molar-refractivity contribution >= 4 is 58.3 Å². The first-order chi connectivity index (χ1) is 14.4. The zero-order chi connectivity index (χ0) is 21.5. The smallest absolute Gasteiger partial charge is 0.268 e. The van der Waals surface area contributed by atoms with Crippen molar-refractivity contribution in [1.82, 2.24) is 9.29 Å². The van der Waals surface area contributed by atoms with E-state index in [0.29, 0.717) is 44.0 Å². The van der Waals surface area contributed by atoms with Crippen molar-refractivity contribution in [2.45, 2.75) is 18.4 Å². The Kier molecular flexibility index (Phi) is 5.71. The van der Waals surface area contributed by atoms with Gasteiger partial charge in [0.05, 0.1) is 10.4 Å². The summed E-state index contributed by atoms with van der Waals surface area (Å²) in [7, 11) is -3.81. The van der Waals surface area contributed by atoms with Gasteiger partial charge in [-0.1, -0.05) is 34.1 Å². The highest BCUT2D eigenvalue weighted by molar-refractivity contribution is 9.09. The van der Waals surface area contributed by atoms with E-state index in [-0.39, 0.29) is 22.7 Å². The van der Waals surface area contributed by atoms with Gasteiger partial charge in [0.25, 0.3) is 5.56 Å². The first-order valence-corrected chi connectivity index (χ1v) is 12.8. The summed E-state index contributed by atoms with van der Waals surface area (Å²) in [5.74, 6) is -0.0422. The number of aromatic nitrogens is 1. The quantitative estimate of drug-likeness (QED) is 0.382. The molecule has 9 heteroatoms. The summed E-state index contributed by atoms with van der Waals surface area (Å²) >= 11 is 4.57. The van der Waals surface area contributed by atoms with Gasteiger partial charge in [-0.2, -0.15) is 0 Å². The van der Waals surface area contributed by atoms with Crippen LogP contribution in [0.15, 0.2) is 57.5 Å². The Labute approximate surface area is 186 Å². The summed E-state index contributed by atoms with van der Waals surface area (Å²) in [5, 5.41) is 14.5. The minimum atomic E-state index is -3.81. The molecule has 0 aliphatic heterocycles. The second-order valence-electron chi connectivity index (χ2n) is 6.65. The van der Waals surface area contributed by atoms with E-state index in [0.717, 1.165) is 0 Å². The lowest BCUT2D eigenvalue weighted by Crippen LogP contribution is -2.26. The lowest BCUT2D eigenvalue weighted by Gasteiger charge is -2.17. The van der Waals surface area contributed by atoms with Gasteiger partial charge in [0.15, 0.2) is 0 Å². The van der Waals surface area contributed by atoms with E-state index >= 15 is 0 Å². The van der Waals surface area contributed by atoms with E-state index < -0.39 is 10.0 Å². The van der Waals surface area contributed by atoms with Crippen LogP contribution in [0.3, 0.4) is 0 Å². The molecule has 0 fully saturated rings. The maximum absolute atomic E-state index is 13.0. The van der Waals surface area contributed by atoms with Crippen LogP contribution in [-0.2, 0) is 16.6 Å². The Morgan fingerprint density at radius 2 is 1.93 bits per heavy atom. The number of aryl methyl sites for hydroxylation is 1. The molecular formula is C21H19BrN2O4S2. The summed E-state index contributed by atoms with van der Waals surface area (Å²) in [6, 6.07) is 11.6. The van der Waals surface area contributed by atoms with Crippen LogP contribution in [0.2, 0.25) is 0 Å². The molecule has 0 aliphatic carbocycles. The molecule has 2 aromatic carbocycles. The number of hydrogen-bond donors (Lipinski definition) is 2. The average molecular weight is 507 g/mol. The molecule has 0 saturated heterocycles. The molecule has 156 valence electrons. The van der Waals surface area contributed by atoms with Gasteiger partial charge in [0.2, 0.25) is 10.0 Å². The number of phenols is 1. The number of rotatable bonds is 6. The van der Waals surface area contributed by atoms with Gasteiger partial charge in [-0.15, -0.1) is 11.3 Å². The third kappa shape index (κ3) is 3.35. The number of halogens is 1. The van der Waals surface area contributed by atoms with Crippen LogP contribution >= 0.6 is 27.3 Å². The summed E-state index contributed by atoms with van der Waals surface area (Å²) in [6.45, 7) is 2.58. The van der Waals surface area contributed by atoms with Crippen LogP contribution in [0.25, 0.3) is 32.1 Å². The summed E-state index contributed by atoms with van der Waals surface area (Å²) in [5.41, 5.74) is 1.35. The fourth-order valence-electron chi connectivity index (χ4n) is 3.73. The number of aromatic hydroxyl groups is 1. The van der Waals surface area contributed by atoms with Crippen LogP contribution in [-0.4, -0.2) is 30.0 Å². The van der Waals surface area contributed by atoms with E-state index in [9.17, 15) is 18.3 Å². The summed E-state index contributed by atoms with van der Waals surface area (Å²) in [6.07, 6.45) is 0. The van der Waals surface area contributed by atoms with Crippen molar-refractivity contribution in [3.8, 4) is 16.9 Å².